The van der Waals surface area contributed by atoms with E-state index < -0.39 is 0 Å². The molecule has 0 saturated heterocycles. The fourth-order valence-electron chi connectivity index (χ4n) is 1.19. The minimum absolute atomic E-state index is 0.0579. The Morgan fingerprint density at radius 1 is 1.20 bits per heavy atom. The zero-order valence-electron chi connectivity index (χ0n) is 10.3. The highest BCUT2D eigenvalue weighted by molar-refractivity contribution is 5.15. The Labute approximate surface area is 92.1 Å². The lowest BCUT2D eigenvalue weighted by Crippen LogP contribution is -2.31. The van der Waals surface area contributed by atoms with Gasteiger partial charge in [-0.3, -0.25) is 0 Å². The molecular formula is C12H21N3. The zero-order valence-corrected chi connectivity index (χ0v) is 10.3. The van der Waals surface area contributed by atoms with Crippen molar-refractivity contribution in [3.05, 3.63) is 23.8 Å². The van der Waals surface area contributed by atoms with Gasteiger partial charge in [-0.1, -0.05) is 34.6 Å². The summed E-state index contributed by atoms with van der Waals surface area (Å²) in [7, 11) is 0. The lowest BCUT2D eigenvalue weighted by molar-refractivity contribution is 0.485. The second kappa shape index (κ2) is 3.89. The van der Waals surface area contributed by atoms with Crippen molar-refractivity contribution in [3.8, 4) is 0 Å². The van der Waals surface area contributed by atoms with Crippen LogP contribution in [0.4, 0.5) is 0 Å². The number of nitrogens with two attached hydrogens (primary N) is 1. The Morgan fingerprint density at radius 3 is 2.27 bits per heavy atom. The maximum atomic E-state index is 5.72. The number of hydrogen-bond donors (Lipinski definition) is 1. The molecule has 0 radical (unpaired) electrons. The van der Waals surface area contributed by atoms with Crippen LogP contribution in [0.2, 0.25) is 0 Å². The van der Waals surface area contributed by atoms with Gasteiger partial charge in [0.1, 0.15) is 5.82 Å². The Balaban J connectivity index is 3.14. The quantitative estimate of drug-likeness (QED) is 0.807. The lowest BCUT2D eigenvalue weighted by Gasteiger charge is -2.24. The fraction of sp³-hybridized carbons (Fsp3) is 0.667. The van der Waals surface area contributed by atoms with E-state index in [0.717, 1.165) is 11.5 Å². The molecule has 1 aromatic rings. The summed E-state index contributed by atoms with van der Waals surface area (Å²) in [6.07, 6.45) is 1.82. The molecule has 0 saturated carbocycles. The molecule has 0 bridgehead atoms. The Bertz CT molecular complexity index is 337. The number of rotatable bonds is 2. The van der Waals surface area contributed by atoms with Crippen LogP contribution in [-0.2, 0) is 10.8 Å². The molecule has 3 nitrogen and oxygen atoms in total. The van der Waals surface area contributed by atoms with Gasteiger partial charge in [0.05, 0.1) is 0 Å². The van der Waals surface area contributed by atoms with Gasteiger partial charge in [-0.25, -0.2) is 9.97 Å². The third kappa shape index (κ3) is 2.75. The first kappa shape index (κ1) is 12.1. The summed E-state index contributed by atoms with van der Waals surface area (Å²) in [5.74, 6) is 0.831. The first-order chi connectivity index (χ1) is 6.77. The van der Waals surface area contributed by atoms with Crippen molar-refractivity contribution >= 4 is 0 Å². The molecule has 15 heavy (non-hydrogen) atoms. The van der Waals surface area contributed by atoms with Crippen LogP contribution in [-0.4, -0.2) is 16.5 Å². The van der Waals surface area contributed by atoms with Crippen LogP contribution in [0.25, 0.3) is 0 Å². The number of nitrogens with zero attached hydrogens (tertiary/aromatic N) is 2. The number of hydrogen-bond acceptors (Lipinski definition) is 3. The smallest absolute Gasteiger partial charge is 0.135 e. The van der Waals surface area contributed by atoms with Crippen molar-refractivity contribution in [3.63, 3.8) is 0 Å². The van der Waals surface area contributed by atoms with Gasteiger partial charge >= 0.3 is 0 Å². The minimum Gasteiger partial charge on any atom is -0.329 e. The van der Waals surface area contributed by atoms with Crippen molar-refractivity contribution in [1.82, 2.24) is 9.97 Å². The normalized spacial score (nSPS) is 12.9. The molecule has 0 atom stereocenters. The van der Waals surface area contributed by atoms with E-state index in [-0.39, 0.29) is 10.8 Å². The fourth-order valence-corrected chi connectivity index (χ4v) is 1.19. The molecule has 3 heteroatoms. The van der Waals surface area contributed by atoms with Gasteiger partial charge in [0, 0.05) is 29.3 Å². The van der Waals surface area contributed by atoms with Crippen LogP contribution in [0, 0.1) is 0 Å². The van der Waals surface area contributed by atoms with E-state index in [0.29, 0.717) is 6.54 Å². The van der Waals surface area contributed by atoms with Gasteiger partial charge in [0.25, 0.3) is 0 Å². The molecule has 0 aromatic carbocycles. The van der Waals surface area contributed by atoms with Crippen molar-refractivity contribution < 1.29 is 0 Å². The van der Waals surface area contributed by atoms with Gasteiger partial charge < -0.3 is 5.73 Å². The average Bonchev–Trinajstić information content (AvgIpc) is 2.17. The van der Waals surface area contributed by atoms with E-state index in [1.54, 1.807) is 0 Å². The van der Waals surface area contributed by atoms with Crippen molar-refractivity contribution in [2.45, 2.75) is 45.4 Å². The average molecular weight is 207 g/mol. The van der Waals surface area contributed by atoms with E-state index in [1.807, 2.05) is 12.3 Å². The van der Waals surface area contributed by atoms with E-state index in [4.69, 9.17) is 5.73 Å². The SMILES string of the molecule is CC(C)(C)c1ccnc(C(C)(C)CN)n1. The molecule has 0 fully saturated rings. The van der Waals surface area contributed by atoms with Crippen LogP contribution in [0.15, 0.2) is 12.3 Å². The minimum atomic E-state index is -0.152. The molecule has 0 aliphatic carbocycles. The Kier molecular flexibility index (Phi) is 3.14. The third-order valence-electron chi connectivity index (χ3n) is 2.54. The van der Waals surface area contributed by atoms with E-state index >= 15 is 0 Å². The van der Waals surface area contributed by atoms with Crippen molar-refractivity contribution in [1.29, 1.82) is 0 Å². The van der Waals surface area contributed by atoms with Gasteiger partial charge in [-0.2, -0.15) is 0 Å². The van der Waals surface area contributed by atoms with Gasteiger partial charge in [0.15, 0.2) is 0 Å². The summed E-state index contributed by atoms with van der Waals surface area (Å²) < 4.78 is 0. The topological polar surface area (TPSA) is 51.8 Å². The van der Waals surface area contributed by atoms with Gasteiger partial charge in [-0.15, -0.1) is 0 Å². The highest BCUT2D eigenvalue weighted by Crippen LogP contribution is 2.23. The Hall–Kier alpha value is -0.960. The molecule has 0 aliphatic rings. The molecule has 1 heterocycles. The predicted molar refractivity (Wildman–Crippen MR) is 62.8 cm³/mol. The molecule has 1 rings (SSSR count). The summed E-state index contributed by atoms with van der Waals surface area (Å²) in [5, 5.41) is 0. The predicted octanol–water partition coefficient (Wildman–Crippen LogP) is 2.01. The van der Waals surface area contributed by atoms with E-state index in [2.05, 4.69) is 44.6 Å². The van der Waals surface area contributed by atoms with Crippen LogP contribution in [0.3, 0.4) is 0 Å². The summed E-state index contributed by atoms with van der Waals surface area (Å²) in [6.45, 7) is 11.1. The maximum absolute atomic E-state index is 5.72. The van der Waals surface area contributed by atoms with Crippen LogP contribution >= 0.6 is 0 Å². The van der Waals surface area contributed by atoms with E-state index in [9.17, 15) is 0 Å². The third-order valence-corrected chi connectivity index (χ3v) is 2.54. The molecule has 0 unspecified atom stereocenters. The zero-order chi connectivity index (χ0) is 11.7. The summed E-state index contributed by atoms with van der Waals surface area (Å²) >= 11 is 0. The summed E-state index contributed by atoms with van der Waals surface area (Å²) in [6, 6.07) is 1.97. The van der Waals surface area contributed by atoms with Gasteiger partial charge in [0.2, 0.25) is 0 Å². The van der Waals surface area contributed by atoms with E-state index in [1.165, 1.54) is 0 Å². The molecule has 2 N–H and O–H groups in total. The Morgan fingerprint density at radius 2 is 1.80 bits per heavy atom. The molecule has 0 aliphatic heterocycles. The van der Waals surface area contributed by atoms with Crippen molar-refractivity contribution in [2.75, 3.05) is 6.54 Å². The first-order valence-corrected chi connectivity index (χ1v) is 5.31. The molecular weight excluding hydrogens is 186 g/mol. The second-order valence-corrected chi connectivity index (χ2v) is 5.60. The maximum Gasteiger partial charge on any atom is 0.135 e. The summed E-state index contributed by atoms with van der Waals surface area (Å²) in [5.41, 5.74) is 6.69. The van der Waals surface area contributed by atoms with Crippen LogP contribution in [0.5, 0.6) is 0 Å². The monoisotopic (exact) mass is 207 g/mol. The molecule has 0 amide bonds. The number of aromatic nitrogens is 2. The second-order valence-electron chi connectivity index (χ2n) is 5.60. The lowest BCUT2D eigenvalue weighted by atomic mass is 9.89. The van der Waals surface area contributed by atoms with Crippen LogP contribution < -0.4 is 5.73 Å². The molecule has 0 spiro atoms. The van der Waals surface area contributed by atoms with Crippen LogP contribution in [0.1, 0.15) is 46.1 Å². The highest BCUT2D eigenvalue weighted by Gasteiger charge is 2.24. The molecule has 1 aromatic heterocycles. The highest BCUT2D eigenvalue weighted by atomic mass is 14.9. The largest absolute Gasteiger partial charge is 0.329 e. The standard InChI is InChI=1S/C12H21N3/c1-11(2,3)9-6-7-14-10(15-9)12(4,5)8-13/h6-7H,8,13H2,1-5H3. The van der Waals surface area contributed by atoms with Crippen molar-refractivity contribution in [2.24, 2.45) is 5.73 Å². The van der Waals surface area contributed by atoms with Gasteiger partial charge in [-0.05, 0) is 6.07 Å². The first-order valence-electron chi connectivity index (χ1n) is 5.31. The molecule has 84 valence electrons. The summed E-state index contributed by atoms with van der Waals surface area (Å²) in [4.78, 5) is 8.90.